The molecule has 0 spiro atoms. The number of methoxy groups -OCH3 is 1. The molecule has 4 atom stereocenters. The number of imide groups is 1. The number of allylic oxidation sites excluding steroid dienone is 2. The van der Waals surface area contributed by atoms with E-state index in [1.165, 1.54) is 0 Å². The third-order valence-corrected chi connectivity index (χ3v) is 8.81. The minimum atomic E-state index is -0.366. The highest BCUT2D eigenvalue weighted by Crippen LogP contribution is 2.49. The van der Waals surface area contributed by atoms with Gasteiger partial charge in [-0.25, -0.2) is 0 Å². The Morgan fingerprint density at radius 3 is 1.73 bits per heavy atom. The van der Waals surface area contributed by atoms with E-state index in [4.69, 9.17) is 4.74 Å². The predicted molar refractivity (Wildman–Crippen MR) is 165 cm³/mol. The fraction of sp³-hybridized carbons (Fsp3) is 0.353. The molecule has 2 amide bonds. The molecule has 4 unspecified atom stereocenters. The Bertz CT molecular complexity index is 1290. The SMILES string of the molecule is COc1ccccc1N1CCN(CCCN2C(=O)C3C(c4ccccc4)C=CC(c4ccccc4)C3C2=O)CC1.Cl. The van der Waals surface area contributed by atoms with E-state index in [2.05, 4.69) is 52.3 Å². The number of benzene rings is 3. The van der Waals surface area contributed by atoms with Gasteiger partial charge in [0.2, 0.25) is 11.8 Å². The highest BCUT2D eigenvalue weighted by molar-refractivity contribution is 6.06. The summed E-state index contributed by atoms with van der Waals surface area (Å²) in [5, 5.41) is 0. The smallest absolute Gasteiger partial charge is 0.234 e. The molecule has 7 heteroatoms. The molecular weight excluding hydrogens is 534 g/mol. The zero-order valence-electron chi connectivity index (χ0n) is 23.5. The van der Waals surface area contributed by atoms with Crippen molar-refractivity contribution in [1.29, 1.82) is 0 Å². The van der Waals surface area contributed by atoms with Gasteiger partial charge in [-0.3, -0.25) is 19.4 Å². The summed E-state index contributed by atoms with van der Waals surface area (Å²) >= 11 is 0. The number of fused-ring (bicyclic) bond motifs is 1. The molecule has 3 aromatic rings. The van der Waals surface area contributed by atoms with Crippen LogP contribution >= 0.6 is 12.4 Å². The lowest BCUT2D eigenvalue weighted by atomic mass is 9.68. The van der Waals surface area contributed by atoms with Crippen LogP contribution in [0, 0.1) is 11.8 Å². The monoisotopic (exact) mass is 571 g/mol. The molecule has 6 nitrogen and oxygen atoms in total. The Balaban J connectivity index is 0.00000337. The quantitative estimate of drug-likeness (QED) is 0.269. The first-order valence-corrected chi connectivity index (χ1v) is 14.4. The number of hydrogen-bond donors (Lipinski definition) is 0. The molecular formula is C34H38ClN3O3. The maximum Gasteiger partial charge on any atom is 0.234 e. The molecule has 2 saturated heterocycles. The van der Waals surface area contributed by atoms with Crippen molar-refractivity contribution in [1.82, 2.24) is 9.80 Å². The number of ether oxygens (including phenoxy) is 1. The summed E-state index contributed by atoms with van der Waals surface area (Å²) in [5.74, 6) is -0.0406. The van der Waals surface area contributed by atoms with E-state index in [0.717, 1.165) is 61.7 Å². The van der Waals surface area contributed by atoms with Crippen molar-refractivity contribution < 1.29 is 14.3 Å². The second-order valence-corrected chi connectivity index (χ2v) is 11.0. The summed E-state index contributed by atoms with van der Waals surface area (Å²) in [5.41, 5.74) is 3.32. The van der Waals surface area contributed by atoms with Gasteiger partial charge >= 0.3 is 0 Å². The van der Waals surface area contributed by atoms with Crippen LogP contribution in [-0.4, -0.2) is 68.0 Å². The first kappa shape index (κ1) is 28.9. The summed E-state index contributed by atoms with van der Waals surface area (Å²) in [6, 6.07) is 28.4. The first-order chi connectivity index (χ1) is 19.7. The van der Waals surface area contributed by atoms with Crippen molar-refractivity contribution in [2.24, 2.45) is 11.8 Å². The fourth-order valence-corrected chi connectivity index (χ4v) is 6.77. The third-order valence-electron chi connectivity index (χ3n) is 8.81. The van der Waals surface area contributed by atoms with Crippen molar-refractivity contribution >= 4 is 29.9 Å². The average molecular weight is 572 g/mol. The van der Waals surface area contributed by atoms with Crippen LogP contribution in [0.25, 0.3) is 0 Å². The van der Waals surface area contributed by atoms with Gasteiger partial charge in [0.1, 0.15) is 5.75 Å². The molecule has 214 valence electrons. The minimum absolute atomic E-state index is 0. The highest BCUT2D eigenvalue weighted by Gasteiger charge is 2.54. The van der Waals surface area contributed by atoms with Crippen LogP contribution in [0.5, 0.6) is 5.75 Å². The van der Waals surface area contributed by atoms with E-state index in [9.17, 15) is 9.59 Å². The van der Waals surface area contributed by atoms with Crippen molar-refractivity contribution in [3.8, 4) is 5.75 Å². The van der Waals surface area contributed by atoms with E-state index >= 15 is 0 Å². The average Bonchev–Trinajstić information content (AvgIpc) is 3.27. The van der Waals surface area contributed by atoms with Crippen LogP contribution in [0.4, 0.5) is 5.69 Å². The summed E-state index contributed by atoms with van der Waals surface area (Å²) in [4.78, 5) is 34.2. The summed E-state index contributed by atoms with van der Waals surface area (Å²) in [6.45, 7) is 5.09. The molecule has 3 aliphatic rings. The van der Waals surface area contributed by atoms with Gasteiger partial charge in [-0.05, 0) is 36.2 Å². The molecule has 3 aromatic carbocycles. The van der Waals surface area contributed by atoms with Crippen LogP contribution < -0.4 is 9.64 Å². The van der Waals surface area contributed by atoms with Crippen molar-refractivity contribution in [3.05, 3.63) is 108 Å². The number of para-hydroxylation sites is 2. The second kappa shape index (κ2) is 12.9. The second-order valence-electron chi connectivity index (χ2n) is 11.0. The minimum Gasteiger partial charge on any atom is -0.495 e. The van der Waals surface area contributed by atoms with Crippen LogP contribution in [0.2, 0.25) is 0 Å². The molecule has 0 bridgehead atoms. The van der Waals surface area contributed by atoms with E-state index in [1.807, 2.05) is 54.6 Å². The van der Waals surface area contributed by atoms with Crippen molar-refractivity contribution in [2.75, 3.05) is 51.3 Å². The number of hydrogen-bond acceptors (Lipinski definition) is 5. The predicted octanol–water partition coefficient (Wildman–Crippen LogP) is 5.37. The Kier molecular flexibility index (Phi) is 9.11. The van der Waals surface area contributed by atoms with Crippen molar-refractivity contribution in [2.45, 2.75) is 18.3 Å². The van der Waals surface area contributed by atoms with Crippen LogP contribution in [0.3, 0.4) is 0 Å². The first-order valence-electron chi connectivity index (χ1n) is 14.4. The van der Waals surface area contributed by atoms with Crippen LogP contribution in [0.15, 0.2) is 97.1 Å². The van der Waals surface area contributed by atoms with Gasteiger partial charge in [0.05, 0.1) is 24.6 Å². The highest BCUT2D eigenvalue weighted by atomic mass is 35.5. The lowest BCUT2D eigenvalue weighted by Crippen LogP contribution is -2.47. The maximum absolute atomic E-state index is 13.9. The van der Waals surface area contributed by atoms with E-state index in [1.54, 1.807) is 12.0 Å². The summed E-state index contributed by atoms with van der Waals surface area (Å²) in [6.07, 6.45) is 5.10. The van der Waals surface area contributed by atoms with Gasteiger partial charge < -0.3 is 9.64 Å². The lowest BCUT2D eigenvalue weighted by Gasteiger charge is -2.36. The Morgan fingerprint density at radius 1 is 0.683 bits per heavy atom. The lowest BCUT2D eigenvalue weighted by molar-refractivity contribution is -0.140. The summed E-state index contributed by atoms with van der Waals surface area (Å²) < 4.78 is 5.55. The topological polar surface area (TPSA) is 53.1 Å². The molecule has 0 aromatic heterocycles. The van der Waals surface area contributed by atoms with Crippen LogP contribution in [-0.2, 0) is 9.59 Å². The van der Waals surface area contributed by atoms with Gasteiger partial charge in [0, 0.05) is 44.6 Å². The number of likely N-dealkylation sites (tertiary alicyclic amines) is 1. The molecule has 1 aliphatic carbocycles. The number of piperazine rings is 1. The van der Waals surface area contributed by atoms with Gasteiger partial charge in [-0.15, -0.1) is 12.4 Å². The zero-order chi connectivity index (χ0) is 27.5. The van der Waals surface area contributed by atoms with Gasteiger partial charge in [-0.1, -0.05) is 84.9 Å². The Hall–Kier alpha value is -3.61. The van der Waals surface area contributed by atoms with Crippen LogP contribution in [0.1, 0.15) is 29.4 Å². The molecule has 6 rings (SSSR count). The summed E-state index contributed by atoms with van der Waals surface area (Å²) in [7, 11) is 1.71. The number of halogens is 1. The standard InChI is InChI=1S/C34H37N3O3.ClH/c1-40-30-16-9-8-15-29(30)36-23-21-35(22-24-36)19-10-20-37-33(38)31-27(25-11-4-2-5-12-25)17-18-28(32(31)34(37)39)26-13-6-3-7-14-26;/h2-9,11-18,27-28,31-32H,10,19-24H2,1H3;1H. The molecule has 41 heavy (non-hydrogen) atoms. The van der Waals surface area contributed by atoms with Gasteiger partial charge in [0.15, 0.2) is 0 Å². The van der Waals surface area contributed by atoms with Gasteiger partial charge in [-0.2, -0.15) is 0 Å². The third kappa shape index (κ3) is 5.77. The molecule has 2 heterocycles. The number of nitrogens with zero attached hydrogens (tertiary/aromatic N) is 3. The fourth-order valence-electron chi connectivity index (χ4n) is 6.77. The Morgan fingerprint density at radius 2 is 1.20 bits per heavy atom. The normalized spacial score (nSPS) is 24.2. The molecule has 2 fully saturated rings. The van der Waals surface area contributed by atoms with Gasteiger partial charge in [0.25, 0.3) is 0 Å². The maximum atomic E-state index is 13.9. The molecule has 2 aliphatic heterocycles. The molecule has 0 saturated carbocycles. The largest absolute Gasteiger partial charge is 0.495 e. The van der Waals surface area contributed by atoms with E-state index in [0.29, 0.717) is 6.54 Å². The van der Waals surface area contributed by atoms with Crippen molar-refractivity contribution in [3.63, 3.8) is 0 Å². The molecule has 0 N–H and O–H groups in total. The number of rotatable bonds is 8. The Labute approximate surface area is 249 Å². The number of amides is 2. The number of carbonyl (C=O) groups is 2. The number of anilines is 1. The zero-order valence-corrected chi connectivity index (χ0v) is 24.3. The molecule has 0 radical (unpaired) electrons. The van der Waals surface area contributed by atoms with E-state index in [-0.39, 0.29) is 47.9 Å². The number of carbonyl (C=O) groups excluding carboxylic acids is 2. The van der Waals surface area contributed by atoms with E-state index < -0.39 is 0 Å².